The van der Waals surface area contributed by atoms with E-state index in [0.717, 1.165) is 0 Å². The first-order valence-electron chi connectivity index (χ1n) is 15.7. The summed E-state index contributed by atoms with van der Waals surface area (Å²) in [5.74, 6) is -3.18. The van der Waals surface area contributed by atoms with Crippen LogP contribution in [-0.4, -0.2) is 69.1 Å². The lowest BCUT2D eigenvalue weighted by Gasteiger charge is -2.31. The summed E-state index contributed by atoms with van der Waals surface area (Å²) < 4.78 is 50.7. The van der Waals surface area contributed by atoms with Gasteiger partial charge < -0.3 is 29.2 Å². The monoisotopic (exact) mass is 700 g/mol. The van der Waals surface area contributed by atoms with Crippen LogP contribution in [0.2, 0.25) is 0 Å². The van der Waals surface area contributed by atoms with E-state index in [1.54, 1.807) is 71.9 Å². The molecule has 1 unspecified atom stereocenters. The van der Waals surface area contributed by atoms with Gasteiger partial charge >= 0.3 is 25.7 Å². The van der Waals surface area contributed by atoms with Crippen molar-refractivity contribution in [3.63, 3.8) is 0 Å². The zero-order valence-corrected chi connectivity index (χ0v) is 29.2. The minimum atomic E-state index is -4.54. The van der Waals surface area contributed by atoms with E-state index in [2.05, 4.69) is 15.2 Å². The number of benzene rings is 1. The fourth-order valence-electron chi connectivity index (χ4n) is 4.77. The molecule has 49 heavy (non-hydrogen) atoms. The lowest BCUT2D eigenvalue weighted by atomic mass is 9.95. The summed E-state index contributed by atoms with van der Waals surface area (Å²) in [5.41, 5.74) is 4.47. The lowest BCUT2D eigenvalue weighted by molar-refractivity contribution is -0.173. The third kappa shape index (κ3) is 8.55. The maximum atomic E-state index is 14.3. The predicted octanol–water partition coefficient (Wildman–Crippen LogP) is 3.91. The number of nitriles is 1. The molecule has 0 spiro atoms. The molecule has 0 radical (unpaired) electrons. The highest BCUT2D eigenvalue weighted by atomic mass is 31.2. The number of ether oxygens (including phenoxy) is 4. The second-order valence-electron chi connectivity index (χ2n) is 12.3. The number of carbonyl (C=O) groups is 3. The van der Waals surface area contributed by atoms with Crippen LogP contribution in [0.4, 0.5) is 5.82 Å². The van der Waals surface area contributed by atoms with Crippen LogP contribution in [0.3, 0.4) is 0 Å². The van der Waals surface area contributed by atoms with Gasteiger partial charge in [0.15, 0.2) is 18.0 Å². The Morgan fingerprint density at radius 1 is 1.02 bits per heavy atom. The van der Waals surface area contributed by atoms with E-state index < -0.39 is 80.2 Å². The Morgan fingerprint density at radius 3 is 2.29 bits per heavy atom. The van der Waals surface area contributed by atoms with E-state index in [1.807, 2.05) is 6.07 Å². The maximum absolute atomic E-state index is 14.3. The second kappa shape index (κ2) is 15.3. The number of rotatable bonds is 14. The average Bonchev–Trinajstić information content (AvgIpc) is 3.60. The Kier molecular flexibility index (Phi) is 11.7. The number of nitrogen functional groups attached to an aromatic ring is 1. The van der Waals surface area contributed by atoms with Crippen LogP contribution < -0.4 is 15.3 Å². The Labute approximate surface area is 283 Å². The molecule has 1 saturated heterocycles. The molecular formula is C32H41N6O10P. The number of nitrogens with one attached hydrogen (secondary N) is 1. The van der Waals surface area contributed by atoms with Gasteiger partial charge in [0, 0.05) is 0 Å². The molecule has 4 rings (SSSR count). The van der Waals surface area contributed by atoms with Crippen molar-refractivity contribution in [2.75, 3.05) is 12.3 Å². The van der Waals surface area contributed by atoms with Crippen molar-refractivity contribution in [2.45, 2.75) is 84.5 Å². The number of anilines is 1. The van der Waals surface area contributed by atoms with Gasteiger partial charge in [-0.2, -0.15) is 15.4 Å². The van der Waals surface area contributed by atoms with Crippen LogP contribution in [0.5, 0.6) is 5.75 Å². The number of carbonyl (C=O) groups excluding carboxylic acids is 3. The van der Waals surface area contributed by atoms with Crippen molar-refractivity contribution < 1.29 is 46.9 Å². The topological polar surface area (TPSA) is 216 Å². The van der Waals surface area contributed by atoms with Gasteiger partial charge in [0.05, 0.1) is 23.6 Å². The Balaban J connectivity index is 1.80. The van der Waals surface area contributed by atoms with Gasteiger partial charge in [-0.15, -0.1) is 0 Å². The van der Waals surface area contributed by atoms with E-state index in [9.17, 15) is 24.2 Å². The SMILES string of the molecule is CC(C)OC(=O)C(C)N[P@](=O)(OC[C@@]1(C#N)O[C@@H](c2ccc3c(N)ncnn23)[C@H](OC(=O)C(C)C)[C@@H]1OC(=O)C(C)C)Oc1ccccc1. The first kappa shape index (κ1) is 37.3. The number of hydrogen-bond donors (Lipinski definition) is 2. The van der Waals surface area contributed by atoms with Crippen LogP contribution in [0.25, 0.3) is 5.52 Å². The number of fused-ring (bicyclic) bond motifs is 1. The van der Waals surface area contributed by atoms with Crippen molar-refractivity contribution in [2.24, 2.45) is 11.8 Å². The maximum Gasteiger partial charge on any atom is 0.459 e. The molecule has 0 amide bonds. The summed E-state index contributed by atoms with van der Waals surface area (Å²) >= 11 is 0. The Bertz CT molecular complexity index is 1740. The minimum absolute atomic E-state index is 0.113. The van der Waals surface area contributed by atoms with E-state index in [4.69, 9.17) is 33.7 Å². The third-order valence-corrected chi connectivity index (χ3v) is 8.92. The van der Waals surface area contributed by atoms with E-state index in [-0.39, 0.29) is 17.3 Å². The smallest absolute Gasteiger partial charge is 0.459 e. The molecule has 0 aliphatic carbocycles. The normalized spacial score (nSPS) is 22.4. The van der Waals surface area contributed by atoms with Gasteiger partial charge in [0.2, 0.25) is 5.60 Å². The van der Waals surface area contributed by atoms with Crippen LogP contribution in [0.15, 0.2) is 48.8 Å². The van der Waals surface area contributed by atoms with Crippen molar-refractivity contribution in [1.29, 1.82) is 5.26 Å². The summed E-state index contributed by atoms with van der Waals surface area (Å²) in [6, 6.07) is 12.0. The van der Waals surface area contributed by atoms with Gasteiger partial charge in [-0.3, -0.25) is 18.9 Å². The quantitative estimate of drug-likeness (QED) is 0.138. The molecule has 264 valence electrons. The largest absolute Gasteiger partial charge is 0.462 e. The zero-order valence-electron chi connectivity index (χ0n) is 28.3. The van der Waals surface area contributed by atoms with Gasteiger partial charge in [0.1, 0.15) is 42.4 Å². The molecule has 1 aromatic carbocycles. The van der Waals surface area contributed by atoms with Crippen molar-refractivity contribution in [3.05, 3.63) is 54.5 Å². The Hall–Kier alpha value is -4.55. The lowest BCUT2D eigenvalue weighted by Crippen LogP contribution is -2.50. The molecule has 1 aliphatic heterocycles. The Morgan fingerprint density at radius 2 is 1.67 bits per heavy atom. The van der Waals surface area contributed by atoms with Crippen LogP contribution >= 0.6 is 7.75 Å². The first-order chi connectivity index (χ1) is 23.1. The standard InChI is InChI=1S/C32H41N6O10P/c1-18(2)29(39)45-26-25(23-13-14-24-28(34)35-17-36-38(23)24)47-32(15-33,27(26)46-30(40)19(3)4)16-43-49(42,48-22-11-9-8-10-12-22)37-21(7)31(41)44-20(5)6/h8-14,17-21,25-27H,16H2,1-7H3,(H,37,42)(H2,34,35,36)/t21?,25-,26-,27-,32+,49-/m0/s1. The molecule has 6 atom stereocenters. The molecule has 2 aromatic heterocycles. The average molecular weight is 701 g/mol. The van der Waals surface area contributed by atoms with Crippen molar-refractivity contribution in [3.8, 4) is 11.8 Å². The summed E-state index contributed by atoms with van der Waals surface area (Å²) in [6.07, 6.45) is -3.57. The molecule has 3 N–H and O–H groups in total. The second-order valence-corrected chi connectivity index (χ2v) is 14.0. The molecule has 16 nitrogen and oxygen atoms in total. The highest BCUT2D eigenvalue weighted by Gasteiger charge is 2.62. The molecule has 3 heterocycles. The number of nitrogens with zero attached hydrogens (tertiary/aromatic N) is 4. The van der Waals surface area contributed by atoms with Gasteiger partial charge in [-0.25, -0.2) is 14.1 Å². The van der Waals surface area contributed by atoms with Gasteiger partial charge in [0.25, 0.3) is 0 Å². The van der Waals surface area contributed by atoms with Crippen LogP contribution in [0.1, 0.15) is 60.3 Å². The summed E-state index contributed by atoms with van der Waals surface area (Å²) in [7, 11) is -4.54. The molecule has 0 saturated carbocycles. The number of esters is 3. The van der Waals surface area contributed by atoms with E-state index in [0.29, 0.717) is 5.52 Å². The number of hydrogen-bond acceptors (Lipinski definition) is 14. The van der Waals surface area contributed by atoms with E-state index in [1.165, 1.54) is 29.9 Å². The summed E-state index contributed by atoms with van der Waals surface area (Å²) in [6.45, 7) is 10.2. The van der Waals surface area contributed by atoms with Crippen LogP contribution in [0, 0.1) is 23.2 Å². The molecular weight excluding hydrogens is 659 g/mol. The minimum Gasteiger partial charge on any atom is -0.462 e. The number of aromatic nitrogens is 3. The van der Waals surface area contributed by atoms with Crippen molar-refractivity contribution >= 4 is 37.0 Å². The van der Waals surface area contributed by atoms with Gasteiger partial charge in [-0.1, -0.05) is 45.9 Å². The fourth-order valence-corrected chi connectivity index (χ4v) is 6.29. The third-order valence-electron chi connectivity index (χ3n) is 7.30. The molecule has 3 aromatic rings. The van der Waals surface area contributed by atoms with E-state index >= 15 is 0 Å². The van der Waals surface area contributed by atoms with Gasteiger partial charge in [-0.05, 0) is 45.0 Å². The van der Waals surface area contributed by atoms with Crippen LogP contribution in [-0.2, 0) is 42.4 Å². The molecule has 0 bridgehead atoms. The fraction of sp³-hybridized carbons (Fsp3) is 0.500. The highest BCUT2D eigenvalue weighted by Crippen LogP contribution is 2.50. The summed E-state index contributed by atoms with van der Waals surface area (Å²) in [5, 5.41) is 17.6. The summed E-state index contributed by atoms with van der Waals surface area (Å²) in [4.78, 5) is 42.9. The molecule has 1 aliphatic rings. The molecule has 1 fully saturated rings. The first-order valence-corrected chi connectivity index (χ1v) is 17.2. The molecule has 17 heteroatoms. The number of para-hydroxylation sites is 1. The highest BCUT2D eigenvalue weighted by molar-refractivity contribution is 7.52. The predicted molar refractivity (Wildman–Crippen MR) is 173 cm³/mol. The zero-order chi connectivity index (χ0) is 36.1. The number of nitrogens with two attached hydrogens (primary N) is 1. The van der Waals surface area contributed by atoms with Crippen molar-refractivity contribution in [1.82, 2.24) is 19.7 Å².